The van der Waals surface area contributed by atoms with Gasteiger partial charge in [-0.25, -0.2) is 13.3 Å². The van der Waals surface area contributed by atoms with Crippen LogP contribution in [0.4, 0.5) is 14.7 Å². The summed E-state index contributed by atoms with van der Waals surface area (Å²) in [5, 5.41) is 6.83. The normalized spacial score (nSPS) is 26.6. The van der Waals surface area contributed by atoms with Crippen molar-refractivity contribution in [3.63, 3.8) is 0 Å². The predicted molar refractivity (Wildman–Crippen MR) is 92.2 cm³/mol. The zero-order valence-corrected chi connectivity index (χ0v) is 14.5. The average molecular weight is 360 g/mol. The number of aromatic nitrogens is 3. The maximum absolute atomic E-state index is 13.1. The number of halogens is 2. The lowest BCUT2D eigenvalue weighted by Gasteiger charge is -2.47. The number of anilines is 1. The molecule has 0 saturated heterocycles. The third-order valence-corrected chi connectivity index (χ3v) is 6.65. The van der Waals surface area contributed by atoms with E-state index in [4.69, 9.17) is 0 Å². The number of rotatable bonds is 3. The van der Waals surface area contributed by atoms with Crippen molar-refractivity contribution < 1.29 is 13.6 Å². The minimum Gasteiger partial charge on any atom is -0.293 e. The molecule has 0 aromatic carbocycles. The van der Waals surface area contributed by atoms with Crippen molar-refractivity contribution in [2.24, 2.45) is 11.3 Å². The number of carbonyl (C=O) groups is 1. The number of nitrogens with one attached hydrogen (secondary N) is 1. The average Bonchev–Trinajstić information content (AvgIpc) is 3.05. The van der Waals surface area contributed by atoms with E-state index in [1.54, 1.807) is 4.52 Å². The summed E-state index contributed by atoms with van der Waals surface area (Å²) in [6.07, 6.45) is 8.55. The quantitative estimate of drug-likeness (QED) is 0.894. The Morgan fingerprint density at radius 2 is 1.92 bits per heavy atom. The van der Waals surface area contributed by atoms with Gasteiger partial charge in [-0.05, 0) is 56.1 Å². The Morgan fingerprint density at radius 3 is 2.54 bits per heavy atom. The molecule has 2 aromatic heterocycles. The summed E-state index contributed by atoms with van der Waals surface area (Å²) in [4.78, 5) is 16.2. The molecule has 1 spiro atoms. The van der Waals surface area contributed by atoms with Crippen molar-refractivity contribution >= 4 is 17.5 Å². The summed E-state index contributed by atoms with van der Waals surface area (Å²) in [6.45, 7) is 0. The van der Waals surface area contributed by atoms with Crippen molar-refractivity contribution in [1.82, 2.24) is 14.6 Å². The second kappa shape index (κ2) is 5.47. The number of amides is 1. The summed E-state index contributed by atoms with van der Waals surface area (Å²) in [5.74, 6) is -4.28. The number of hydrogen-bond acceptors (Lipinski definition) is 3. The lowest BCUT2D eigenvalue weighted by Crippen LogP contribution is -2.33. The molecule has 2 aromatic rings. The van der Waals surface area contributed by atoms with Gasteiger partial charge in [-0.3, -0.25) is 10.1 Å². The Hall–Kier alpha value is -2.05. The van der Waals surface area contributed by atoms with Crippen LogP contribution in [0.25, 0.3) is 5.65 Å². The Labute approximate surface area is 150 Å². The van der Waals surface area contributed by atoms with E-state index < -0.39 is 17.7 Å². The molecule has 1 N–H and O–H groups in total. The van der Waals surface area contributed by atoms with Crippen LogP contribution in [-0.4, -0.2) is 26.4 Å². The molecule has 5 rings (SSSR count). The standard InChI is InChI=1S/C19H22F2N4O/c20-19(21)11-13(19)16(26)23-17-22-15-4-1-3-14(25(15)24-17)12-5-9-18(10-6-12)7-2-8-18/h1,3-4,12-13H,2,5-11H2,(H,23,24,26)/t13-/m1/s1. The maximum Gasteiger partial charge on any atom is 0.260 e. The molecule has 0 aliphatic heterocycles. The minimum absolute atomic E-state index is 0.108. The summed E-state index contributed by atoms with van der Waals surface area (Å²) in [7, 11) is 0. The molecule has 5 nitrogen and oxygen atoms in total. The largest absolute Gasteiger partial charge is 0.293 e. The Kier molecular flexibility index (Phi) is 3.40. The van der Waals surface area contributed by atoms with E-state index in [0.29, 0.717) is 17.0 Å². The lowest BCUT2D eigenvalue weighted by molar-refractivity contribution is -0.119. The molecule has 26 heavy (non-hydrogen) atoms. The zero-order chi connectivity index (χ0) is 17.9. The first-order valence-electron chi connectivity index (χ1n) is 9.50. The molecule has 2 heterocycles. The van der Waals surface area contributed by atoms with E-state index in [1.807, 2.05) is 12.1 Å². The van der Waals surface area contributed by atoms with E-state index in [1.165, 1.54) is 32.1 Å². The van der Waals surface area contributed by atoms with Gasteiger partial charge >= 0.3 is 0 Å². The molecule has 1 amide bonds. The van der Waals surface area contributed by atoms with E-state index >= 15 is 0 Å². The van der Waals surface area contributed by atoms with Crippen molar-refractivity contribution in [3.8, 4) is 0 Å². The number of carbonyl (C=O) groups excluding carboxylic acids is 1. The molecule has 1 atom stereocenters. The number of alkyl halides is 2. The first-order valence-corrected chi connectivity index (χ1v) is 9.50. The molecule has 3 aliphatic carbocycles. The van der Waals surface area contributed by atoms with Crippen molar-refractivity contribution in [1.29, 1.82) is 0 Å². The van der Waals surface area contributed by atoms with Crippen LogP contribution in [0.1, 0.15) is 63.0 Å². The van der Waals surface area contributed by atoms with Crippen LogP contribution in [0.2, 0.25) is 0 Å². The van der Waals surface area contributed by atoms with Crippen LogP contribution in [-0.2, 0) is 4.79 Å². The number of hydrogen-bond donors (Lipinski definition) is 1. The molecule has 138 valence electrons. The third-order valence-electron chi connectivity index (χ3n) is 6.65. The fourth-order valence-electron chi connectivity index (χ4n) is 4.69. The SMILES string of the molecule is O=C(Nc1nc2cccc(C3CCC4(CCC4)CC3)n2n1)[C@H]1CC1(F)F. The van der Waals surface area contributed by atoms with Gasteiger partial charge in [0.15, 0.2) is 5.65 Å². The van der Waals surface area contributed by atoms with Gasteiger partial charge in [0.1, 0.15) is 5.92 Å². The van der Waals surface area contributed by atoms with Crippen molar-refractivity contribution in [2.75, 3.05) is 5.32 Å². The molecule has 3 saturated carbocycles. The highest BCUT2D eigenvalue weighted by Crippen LogP contribution is 2.54. The van der Waals surface area contributed by atoms with Gasteiger partial charge in [-0.15, -0.1) is 5.10 Å². The van der Waals surface area contributed by atoms with Gasteiger partial charge in [0.2, 0.25) is 11.9 Å². The molecule has 0 unspecified atom stereocenters. The maximum atomic E-state index is 13.1. The second-order valence-electron chi connectivity index (χ2n) is 8.29. The smallest absolute Gasteiger partial charge is 0.260 e. The Morgan fingerprint density at radius 1 is 1.19 bits per heavy atom. The number of pyridine rings is 1. The van der Waals surface area contributed by atoms with Gasteiger partial charge in [0, 0.05) is 18.0 Å². The van der Waals surface area contributed by atoms with Gasteiger partial charge < -0.3 is 0 Å². The first-order chi connectivity index (χ1) is 12.5. The molecular weight excluding hydrogens is 338 g/mol. The van der Waals surface area contributed by atoms with Crippen LogP contribution in [0, 0.1) is 11.3 Å². The van der Waals surface area contributed by atoms with Gasteiger partial charge in [0.05, 0.1) is 0 Å². The summed E-state index contributed by atoms with van der Waals surface area (Å²) in [6, 6.07) is 5.84. The minimum atomic E-state index is -2.88. The van der Waals surface area contributed by atoms with Crippen LogP contribution in [0.15, 0.2) is 18.2 Å². The summed E-state index contributed by atoms with van der Waals surface area (Å²) < 4.78 is 27.9. The van der Waals surface area contributed by atoms with Gasteiger partial charge in [-0.1, -0.05) is 12.5 Å². The highest BCUT2D eigenvalue weighted by atomic mass is 19.3. The van der Waals surface area contributed by atoms with Gasteiger partial charge in [-0.2, -0.15) is 4.98 Å². The summed E-state index contributed by atoms with van der Waals surface area (Å²) >= 11 is 0. The number of nitrogens with zero attached hydrogens (tertiary/aromatic N) is 3. The van der Waals surface area contributed by atoms with E-state index in [-0.39, 0.29) is 12.4 Å². The predicted octanol–water partition coefficient (Wildman–Crippen LogP) is 4.15. The Bertz CT molecular complexity index is 864. The van der Waals surface area contributed by atoms with E-state index in [9.17, 15) is 13.6 Å². The van der Waals surface area contributed by atoms with Crippen LogP contribution in [0.3, 0.4) is 0 Å². The second-order valence-corrected chi connectivity index (χ2v) is 8.29. The highest BCUT2D eigenvalue weighted by molar-refractivity contribution is 5.94. The van der Waals surface area contributed by atoms with Gasteiger partial charge in [0.25, 0.3) is 5.92 Å². The van der Waals surface area contributed by atoms with E-state index in [2.05, 4.69) is 21.5 Å². The van der Waals surface area contributed by atoms with E-state index in [0.717, 1.165) is 18.5 Å². The molecule has 3 aliphatic rings. The van der Waals surface area contributed by atoms with Crippen LogP contribution < -0.4 is 5.32 Å². The molecular formula is C19H22F2N4O. The lowest BCUT2D eigenvalue weighted by atomic mass is 9.59. The fourth-order valence-corrected chi connectivity index (χ4v) is 4.69. The van der Waals surface area contributed by atoms with Crippen LogP contribution in [0.5, 0.6) is 0 Å². The zero-order valence-electron chi connectivity index (χ0n) is 14.5. The number of fused-ring (bicyclic) bond motifs is 1. The molecule has 7 heteroatoms. The molecule has 0 radical (unpaired) electrons. The van der Waals surface area contributed by atoms with Crippen molar-refractivity contribution in [3.05, 3.63) is 23.9 Å². The van der Waals surface area contributed by atoms with Crippen LogP contribution >= 0.6 is 0 Å². The third kappa shape index (κ3) is 2.59. The Balaban J connectivity index is 1.36. The fraction of sp³-hybridized carbons (Fsp3) is 0.632. The molecule has 0 bridgehead atoms. The topological polar surface area (TPSA) is 59.3 Å². The monoisotopic (exact) mass is 360 g/mol. The summed E-state index contributed by atoms with van der Waals surface area (Å²) in [5.41, 5.74) is 2.34. The highest BCUT2D eigenvalue weighted by Gasteiger charge is 2.61. The first kappa shape index (κ1) is 16.1. The van der Waals surface area contributed by atoms with Crippen molar-refractivity contribution in [2.45, 2.75) is 63.2 Å². The molecule has 3 fully saturated rings.